The average Bonchev–Trinajstić information content (AvgIpc) is 2.38. The molecule has 1 aliphatic heterocycles. The van der Waals surface area contributed by atoms with Crippen LogP contribution in [0.4, 0.5) is 4.39 Å². The second-order valence-corrected chi connectivity index (χ2v) is 5.06. The first kappa shape index (κ1) is 13.8. The molecule has 0 radical (unpaired) electrons. The number of ether oxygens (including phenoxy) is 1. The van der Waals surface area contributed by atoms with Gasteiger partial charge in [0.1, 0.15) is 5.82 Å². The lowest BCUT2D eigenvalue weighted by Crippen LogP contribution is -2.49. The molecule has 0 bridgehead atoms. The summed E-state index contributed by atoms with van der Waals surface area (Å²) in [4.78, 5) is 14.0. The van der Waals surface area contributed by atoms with E-state index in [-0.39, 0.29) is 17.0 Å². The number of hydrogen-bond acceptors (Lipinski definition) is 2. The van der Waals surface area contributed by atoms with Gasteiger partial charge in [0.05, 0.1) is 29.8 Å². The van der Waals surface area contributed by atoms with Gasteiger partial charge in [-0.3, -0.25) is 4.79 Å². The van der Waals surface area contributed by atoms with Crippen LogP contribution in [0.5, 0.6) is 0 Å². The van der Waals surface area contributed by atoms with Crippen LogP contribution in [0.1, 0.15) is 10.4 Å². The lowest BCUT2D eigenvalue weighted by Gasteiger charge is -2.34. The van der Waals surface area contributed by atoms with E-state index in [0.29, 0.717) is 30.7 Å². The van der Waals surface area contributed by atoms with Crippen molar-refractivity contribution in [1.82, 2.24) is 4.90 Å². The minimum absolute atomic E-state index is 0.0210. The van der Waals surface area contributed by atoms with E-state index < -0.39 is 5.82 Å². The van der Waals surface area contributed by atoms with E-state index in [4.69, 9.17) is 16.3 Å². The zero-order chi connectivity index (χ0) is 13.1. The Morgan fingerprint density at radius 3 is 3.06 bits per heavy atom. The smallest absolute Gasteiger partial charge is 0.255 e. The highest BCUT2D eigenvalue weighted by molar-refractivity contribution is 9.09. The molecule has 0 aliphatic carbocycles. The Hall–Kier alpha value is -0.650. The zero-order valence-corrected chi connectivity index (χ0v) is 11.9. The maximum absolute atomic E-state index is 13.0. The molecular formula is C12H12BrClFNO2. The van der Waals surface area contributed by atoms with Crippen molar-refractivity contribution in [3.63, 3.8) is 0 Å². The third-order valence-electron chi connectivity index (χ3n) is 2.83. The van der Waals surface area contributed by atoms with Gasteiger partial charge < -0.3 is 9.64 Å². The molecule has 1 amide bonds. The fraction of sp³-hybridized carbons (Fsp3) is 0.417. The van der Waals surface area contributed by atoms with Crippen LogP contribution in [0.3, 0.4) is 0 Å². The maximum Gasteiger partial charge on any atom is 0.255 e. The summed E-state index contributed by atoms with van der Waals surface area (Å²) >= 11 is 9.26. The lowest BCUT2D eigenvalue weighted by molar-refractivity contribution is 0.00525. The molecule has 0 saturated carbocycles. The SMILES string of the molecule is O=C(c1ccc(F)cc1Cl)N1CCOCC1CBr. The molecule has 1 aromatic rings. The molecule has 1 unspecified atom stereocenters. The minimum Gasteiger partial charge on any atom is -0.377 e. The van der Waals surface area contributed by atoms with Crippen LogP contribution >= 0.6 is 27.5 Å². The molecular weight excluding hydrogens is 324 g/mol. The van der Waals surface area contributed by atoms with E-state index in [1.54, 1.807) is 4.90 Å². The second-order valence-electron chi connectivity index (χ2n) is 4.01. The molecule has 1 aromatic carbocycles. The van der Waals surface area contributed by atoms with Crippen LogP contribution < -0.4 is 0 Å². The zero-order valence-electron chi connectivity index (χ0n) is 9.54. The van der Waals surface area contributed by atoms with Gasteiger partial charge in [-0.1, -0.05) is 27.5 Å². The molecule has 1 fully saturated rings. The van der Waals surface area contributed by atoms with E-state index in [2.05, 4.69) is 15.9 Å². The summed E-state index contributed by atoms with van der Waals surface area (Å²) in [6, 6.07) is 3.79. The number of amides is 1. The Bertz CT molecular complexity index is 458. The molecule has 3 nitrogen and oxygen atoms in total. The molecule has 18 heavy (non-hydrogen) atoms. The Kier molecular flexibility index (Phi) is 4.59. The third kappa shape index (κ3) is 2.84. The van der Waals surface area contributed by atoms with Crippen molar-refractivity contribution >= 4 is 33.4 Å². The summed E-state index contributed by atoms with van der Waals surface area (Å²) in [7, 11) is 0. The summed E-state index contributed by atoms with van der Waals surface area (Å²) in [5, 5.41) is 0.775. The number of nitrogens with zero attached hydrogens (tertiary/aromatic N) is 1. The first-order valence-electron chi connectivity index (χ1n) is 5.53. The summed E-state index contributed by atoms with van der Waals surface area (Å²) < 4.78 is 18.3. The summed E-state index contributed by atoms with van der Waals surface area (Å²) in [6.07, 6.45) is 0. The molecule has 1 saturated heterocycles. The van der Waals surface area contributed by atoms with Crippen molar-refractivity contribution in [2.24, 2.45) is 0 Å². The van der Waals surface area contributed by atoms with Crippen LogP contribution in [0.15, 0.2) is 18.2 Å². The van der Waals surface area contributed by atoms with E-state index in [1.165, 1.54) is 12.1 Å². The second kappa shape index (κ2) is 5.99. The van der Waals surface area contributed by atoms with Crippen LogP contribution in [0.2, 0.25) is 5.02 Å². The van der Waals surface area contributed by atoms with Crippen LogP contribution in [0, 0.1) is 5.82 Å². The average molecular weight is 337 g/mol. The number of halogens is 3. The van der Waals surface area contributed by atoms with Crippen molar-refractivity contribution < 1.29 is 13.9 Å². The van der Waals surface area contributed by atoms with E-state index >= 15 is 0 Å². The number of alkyl halides is 1. The lowest BCUT2D eigenvalue weighted by atomic mass is 10.1. The molecule has 0 aromatic heterocycles. The molecule has 1 aliphatic rings. The first-order chi connectivity index (χ1) is 8.63. The summed E-state index contributed by atoms with van der Waals surface area (Å²) in [6.45, 7) is 1.52. The Morgan fingerprint density at radius 2 is 2.39 bits per heavy atom. The summed E-state index contributed by atoms with van der Waals surface area (Å²) in [5.74, 6) is -0.636. The van der Waals surface area contributed by atoms with Gasteiger partial charge in [0, 0.05) is 11.9 Å². The molecule has 1 atom stereocenters. The van der Waals surface area contributed by atoms with Gasteiger partial charge in [0.25, 0.3) is 5.91 Å². The number of rotatable bonds is 2. The maximum atomic E-state index is 13.0. The van der Waals surface area contributed by atoms with Gasteiger partial charge in [-0.25, -0.2) is 4.39 Å². The van der Waals surface area contributed by atoms with Crippen molar-refractivity contribution in [3.05, 3.63) is 34.6 Å². The van der Waals surface area contributed by atoms with Crippen molar-refractivity contribution in [2.45, 2.75) is 6.04 Å². The first-order valence-corrected chi connectivity index (χ1v) is 7.03. The standard InChI is InChI=1S/C12H12BrClFNO2/c13-6-9-7-18-4-3-16(9)12(17)10-2-1-8(15)5-11(10)14/h1-2,5,9H,3-4,6-7H2. The number of carbonyl (C=O) groups is 1. The summed E-state index contributed by atoms with van der Waals surface area (Å²) in [5.41, 5.74) is 0.325. The van der Waals surface area contributed by atoms with E-state index in [1.807, 2.05) is 0 Å². The van der Waals surface area contributed by atoms with Gasteiger partial charge in [-0.2, -0.15) is 0 Å². The monoisotopic (exact) mass is 335 g/mol. The number of morpholine rings is 1. The Morgan fingerprint density at radius 1 is 1.61 bits per heavy atom. The fourth-order valence-electron chi connectivity index (χ4n) is 1.87. The predicted molar refractivity (Wildman–Crippen MR) is 70.8 cm³/mol. The van der Waals surface area contributed by atoms with Crippen LogP contribution in [-0.4, -0.2) is 41.9 Å². The largest absolute Gasteiger partial charge is 0.377 e. The predicted octanol–water partition coefficient (Wildman–Crippen LogP) is 2.72. The van der Waals surface area contributed by atoms with Crippen LogP contribution in [-0.2, 0) is 4.74 Å². The topological polar surface area (TPSA) is 29.5 Å². The van der Waals surface area contributed by atoms with Crippen molar-refractivity contribution in [3.8, 4) is 0 Å². The number of hydrogen-bond donors (Lipinski definition) is 0. The molecule has 98 valence electrons. The molecule has 1 heterocycles. The fourth-order valence-corrected chi connectivity index (χ4v) is 2.65. The Labute approximate surface area is 118 Å². The highest BCUT2D eigenvalue weighted by Gasteiger charge is 2.28. The van der Waals surface area contributed by atoms with Crippen LogP contribution in [0.25, 0.3) is 0 Å². The number of carbonyl (C=O) groups excluding carboxylic acids is 1. The normalized spacial score (nSPS) is 19.9. The highest BCUT2D eigenvalue weighted by atomic mass is 79.9. The van der Waals surface area contributed by atoms with Crippen molar-refractivity contribution in [1.29, 1.82) is 0 Å². The van der Waals surface area contributed by atoms with Crippen molar-refractivity contribution in [2.75, 3.05) is 25.1 Å². The number of benzene rings is 1. The van der Waals surface area contributed by atoms with E-state index in [9.17, 15) is 9.18 Å². The molecule has 6 heteroatoms. The van der Waals surface area contributed by atoms with E-state index in [0.717, 1.165) is 6.07 Å². The third-order valence-corrected chi connectivity index (χ3v) is 3.89. The molecule has 0 N–H and O–H groups in total. The van der Waals surface area contributed by atoms with Gasteiger partial charge >= 0.3 is 0 Å². The molecule has 2 rings (SSSR count). The highest BCUT2D eigenvalue weighted by Crippen LogP contribution is 2.21. The van der Waals surface area contributed by atoms with Gasteiger partial charge in [0.2, 0.25) is 0 Å². The Balaban J connectivity index is 2.24. The van der Waals surface area contributed by atoms with Gasteiger partial charge in [-0.05, 0) is 18.2 Å². The quantitative estimate of drug-likeness (QED) is 0.777. The molecule has 0 spiro atoms. The minimum atomic E-state index is -0.449. The van der Waals surface area contributed by atoms with Gasteiger partial charge in [-0.15, -0.1) is 0 Å². The van der Waals surface area contributed by atoms with Gasteiger partial charge in [0.15, 0.2) is 0 Å².